The van der Waals surface area contributed by atoms with E-state index in [4.69, 9.17) is 0 Å². The third kappa shape index (κ3) is 1.80. The van der Waals surface area contributed by atoms with Gasteiger partial charge in [-0.15, -0.1) is 0 Å². The fourth-order valence-electron chi connectivity index (χ4n) is 2.18. The monoisotopic (exact) mass is 242 g/mol. The molecule has 0 spiro atoms. The van der Waals surface area contributed by atoms with Crippen molar-refractivity contribution >= 4 is 15.9 Å². The molecule has 1 aromatic heterocycles. The summed E-state index contributed by atoms with van der Waals surface area (Å²) in [7, 11) is 2.08. The maximum Gasteiger partial charge on any atom is 0.177 e. The van der Waals surface area contributed by atoms with Crippen LogP contribution in [0.1, 0.15) is 43.7 Å². The smallest absolute Gasteiger partial charge is 0.177 e. The van der Waals surface area contributed by atoms with Crippen LogP contribution >= 0.6 is 15.9 Å². The molecule has 2 nitrogen and oxygen atoms in total. The van der Waals surface area contributed by atoms with Gasteiger partial charge in [0.1, 0.15) is 0 Å². The van der Waals surface area contributed by atoms with Crippen LogP contribution in [0.3, 0.4) is 0 Å². The maximum atomic E-state index is 4.27. The molecule has 0 radical (unpaired) electrons. The van der Waals surface area contributed by atoms with Crippen molar-refractivity contribution in [1.82, 2.24) is 9.55 Å². The average Bonchev–Trinajstić information content (AvgIpc) is 2.49. The predicted molar refractivity (Wildman–Crippen MR) is 56.7 cm³/mol. The van der Waals surface area contributed by atoms with Gasteiger partial charge >= 0.3 is 0 Å². The number of hydrogen-bond donors (Lipinski definition) is 0. The van der Waals surface area contributed by atoms with E-state index >= 15 is 0 Å². The molecule has 0 amide bonds. The number of aromatic nitrogens is 2. The van der Waals surface area contributed by atoms with Crippen LogP contribution in [0.15, 0.2) is 10.9 Å². The SMILES string of the molecule is Cn1c(C2CCCCC2)cnc1Br. The summed E-state index contributed by atoms with van der Waals surface area (Å²) >= 11 is 3.43. The van der Waals surface area contributed by atoms with E-state index in [0.717, 1.165) is 10.7 Å². The highest BCUT2D eigenvalue weighted by atomic mass is 79.9. The molecule has 13 heavy (non-hydrogen) atoms. The van der Waals surface area contributed by atoms with Gasteiger partial charge in [0.05, 0.1) is 0 Å². The first-order valence-electron chi connectivity index (χ1n) is 4.96. The molecule has 3 heteroatoms. The van der Waals surface area contributed by atoms with Gasteiger partial charge in [-0.25, -0.2) is 4.98 Å². The van der Waals surface area contributed by atoms with Crippen molar-refractivity contribution in [1.29, 1.82) is 0 Å². The Bertz CT molecular complexity index is 287. The summed E-state index contributed by atoms with van der Waals surface area (Å²) in [6.45, 7) is 0. The number of imidazole rings is 1. The first-order chi connectivity index (χ1) is 6.29. The van der Waals surface area contributed by atoms with Crippen LogP contribution in [-0.2, 0) is 7.05 Å². The Balaban J connectivity index is 2.18. The summed E-state index contributed by atoms with van der Waals surface area (Å²) in [6.07, 6.45) is 8.87. The van der Waals surface area contributed by atoms with E-state index in [1.165, 1.54) is 37.8 Å². The topological polar surface area (TPSA) is 17.8 Å². The first-order valence-corrected chi connectivity index (χ1v) is 5.75. The Hall–Kier alpha value is -0.310. The highest BCUT2D eigenvalue weighted by molar-refractivity contribution is 9.10. The lowest BCUT2D eigenvalue weighted by atomic mass is 9.87. The van der Waals surface area contributed by atoms with E-state index in [1.54, 1.807) is 0 Å². The normalized spacial score (nSPS) is 19.2. The van der Waals surface area contributed by atoms with Crippen LogP contribution in [0.4, 0.5) is 0 Å². The zero-order valence-corrected chi connectivity index (χ0v) is 9.55. The first kappa shape index (κ1) is 9.25. The minimum atomic E-state index is 0.748. The summed E-state index contributed by atoms with van der Waals surface area (Å²) in [5.74, 6) is 0.748. The van der Waals surface area contributed by atoms with Gasteiger partial charge in [0, 0.05) is 24.9 Å². The predicted octanol–water partition coefficient (Wildman–Crippen LogP) is 3.23. The van der Waals surface area contributed by atoms with Crippen LogP contribution < -0.4 is 0 Å². The minimum Gasteiger partial charge on any atom is -0.326 e. The molecule has 0 atom stereocenters. The third-order valence-corrected chi connectivity index (χ3v) is 3.73. The van der Waals surface area contributed by atoms with Gasteiger partial charge in [0.15, 0.2) is 4.73 Å². The van der Waals surface area contributed by atoms with Gasteiger partial charge in [0.25, 0.3) is 0 Å². The number of halogens is 1. The van der Waals surface area contributed by atoms with Crippen molar-refractivity contribution in [2.75, 3.05) is 0 Å². The Morgan fingerprint density at radius 1 is 1.38 bits per heavy atom. The van der Waals surface area contributed by atoms with Crippen molar-refractivity contribution in [3.8, 4) is 0 Å². The number of hydrogen-bond acceptors (Lipinski definition) is 1. The van der Waals surface area contributed by atoms with Crippen molar-refractivity contribution in [3.05, 3.63) is 16.6 Å². The summed E-state index contributed by atoms with van der Waals surface area (Å²) in [5.41, 5.74) is 1.39. The second-order valence-corrected chi connectivity index (χ2v) is 4.56. The molecular formula is C10H15BrN2. The molecule has 1 heterocycles. The summed E-state index contributed by atoms with van der Waals surface area (Å²) in [4.78, 5) is 4.27. The largest absolute Gasteiger partial charge is 0.326 e. The Labute approximate surface area is 87.5 Å². The van der Waals surface area contributed by atoms with E-state index in [9.17, 15) is 0 Å². The molecule has 0 N–H and O–H groups in total. The second kappa shape index (κ2) is 3.82. The van der Waals surface area contributed by atoms with Crippen molar-refractivity contribution < 1.29 is 0 Å². The molecule has 0 aliphatic heterocycles. The number of rotatable bonds is 1. The van der Waals surface area contributed by atoms with E-state index < -0.39 is 0 Å². The maximum absolute atomic E-state index is 4.27. The summed E-state index contributed by atoms with van der Waals surface area (Å²) < 4.78 is 3.11. The quantitative estimate of drug-likeness (QED) is 0.740. The zero-order chi connectivity index (χ0) is 9.26. The molecule has 0 unspecified atom stereocenters. The lowest BCUT2D eigenvalue weighted by Crippen LogP contribution is -2.08. The molecular weight excluding hydrogens is 228 g/mol. The molecule has 0 saturated heterocycles. The Kier molecular flexibility index (Phi) is 2.72. The summed E-state index contributed by atoms with van der Waals surface area (Å²) in [5, 5.41) is 0. The van der Waals surface area contributed by atoms with Crippen LogP contribution in [0.25, 0.3) is 0 Å². The molecule has 1 fully saturated rings. The van der Waals surface area contributed by atoms with Crippen molar-refractivity contribution in [2.24, 2.45) is 7.05 Å². The van der Waals surface area contributed by atoms with E-state index in [-0.39, 0.29) is 0 Å². The van der Waals surface area contributed by atoms with Crippen LogP contribution in [0.2, 0.25) is 0 Å². The highest BCUT2D eigenvalue weighted by Gasteiger charge is 2.18. The minimum absolute atomic E-state index is 0.748. The number of nitrogens with zero attached hydrogens (tertiary/aromatic N) is 2. The molecule has 0 bridgehead atoms. The standard InChI is InChI=1S/C10H15BrN2/c1-13-9(7-12-10(13)11)8-5-3-2-4-6-8/h7-8H,2-6H2,1H3. The Morgan fingerprint density at radius 3 is 2.62 bits per heavy atom. The van der Waals surface area contributed by atoms with Gasteiger partial charge in [-0.2, -0.15) is 0 Å². The fraction of sp³-hybridized carbons (Fsp3) is 0.700. The summed E-state index contributed by atoms with van der Waals surface area (Å²) in [6, 6.07) is 0. The van der Waals surface area contributed by atoms with Crippen LogP contribution in [-0.4, -0.2) is 9.55 Å². The molecule has 1 aliphatic carbocycles. The highest BCUT2D eigenvalue weighted by Crippen LogP contribution is 2.33. The van der Waals surface area contributed by atoms with E-state index in [1.807, 2.05) is 6.20 Å². The average molecular weight is 243 g/mol. The van der Waals surface area contributed by atoms with Crippen LogP contribution in [0, 0.1) is 0 Å². The lowest BCUT2D eigenvalue weighted by Gasteiger charge is -2.21. The van der Waals surface area contributed by atoms with Gasteiger partial charge in [-0.3, -0.25) is 0 Å². The zero-order valence-electron chi connectivity index (χ0n) is 7.96. The molecule has 2 rings (SSSR count). The molecule has 72 valence electrons. The van der Waals surface area contributed by atoms with Crippen molar-refractivity contribution in [3.63, 3.8) is 0 Å². The van der Waals surface area contributed by atoms with Crippen LogP contribution in [0.5, 0.6) is 0 Å². The molecule has 0 aromatic carbocycles. The molecule has 1 saturated carbocycles. The Morgan fingerprint density at radius 2 is 2.08 bits per heavy atom. The van der Waals surface area contributed by atoms with Gasteiger partial charge < -0.3 is 4.57 Å². The van der Waals surface area contributed by atoms with Gasteiger partial charge in [-0.1, -0.05) is 19.3 Å². The second-order valence-electron chi connectivity index (χ2n) is 3.85. The van der Waals surface area contributed by atoms with Crippen molar-refractivity contribution in [2.45, 2.75) is 38.0 Å². The fourth-order valence-corrected chi connectivity index (χ4v) is 2.48. The van der Waals surface area contributed by atoms with E-state index in [2.05, 4.69) is 32.5 Å². The molecule has 1 aliphatic rings. The van der Waals surface area contributed by atoms with E-state index in [0.29, 0.717) is 0 Å². The third-order valence-electron chi connectivity index (χ3n) is 2.99. The van der Waals surface area contributed by atoms with Gasteiger partial charge in [0.2, 0.25) is 0 Å². The lowest BCUT2D eigenvalue weighted by molar-refractivity contribution is 0.428. The van der Waals surface area contributed by atoms with Gasteiger partial charge in [-0.05, 0) is 28.8 Å². The molecule has 1 aromatic rings.